The van der Waals surface area contributed by atoms with Gasteiger partial charge in [-0.15, -0.1) is 0 Å². The Hall–Kier alpha value is -1.39. The molecule has 0 atom stereocenters. The molecule has 0 unspecified atom stereocenters. The highest BCUT2D eigenvalue weighted by Crippen LogP contribution is 2.09. The van der Waals surface area contributed by atoms with Gasteiger partial charge in [0, 0.05) is 45.7 Å². The van der Waals surface area contributed by atoms with Crippen LogP contribution in [0.2, 0.25) is 0 Å². The van der Waals surface area contributed by atoms with Gasteiger partial charge in [-0.2, -0.15) is 0 Å². The predicted octanol–water partition coefficient (Wildman–Crippen LogP) is 0.940. The second-order valence-corrected chi connectivity index (χ2v) is 5.00. The first-order valence-corrected chi connectivity index (χ1v) is 6.98. The summed E-state index contributed by atoms with van der Waals surface area (Å²) in [5.41, 5.74) is 1.34. The molecule has 2 rings (SSSR count). The fourth-order valence-corrected chi connectivity index (χ4v) is 2.39. The number of hydrogen-bond acceptors (Lipinski definition) is 3. The third-order valence-corrected chi connectivity index (χ3v) is 3.56. The second kappa shape index (κ2) is 7.26. The lowest BCUT2D eigenvalue weighted by atomic mass is 10.2. The van der Waals surface area contributed by atoms with Crippen LogP contribution in [0.4, 0.5) is 0 Å². The maximum absolute atomic E-state index is 11.9. The Morgan fingerprint density at radius 3 is 2.47 bits per heavy atom. The van der Waals surface area contributed by atoms with E-state index in [0.29, 0.717) is 6.42 Å². The Labute approximate surface area is 115 Å². The average molecular weight is 261 g/mol. The largest absolute Gasteiger partial charge is 0.340 e. The lowest BCUT2D eigenvalue weighted by Gasteiger charge is -2.34. The number of piperazine rings is 1. The van der Waals surface area contributed by atoms with Gasteiger partial charge >= 0.3 is 0 Å². The first-order valence-electron chi connectivity index (χ1n) is 6.98. The van der Waals surface area contributed by atoms with Gasteiger partial charge in [0.15, 0.2) is 0 Å². The van der Waals surface area contributed by atoms with Crippen molar-refractivity contribution in [2.24, 2.45) is 0 Å². The summed E-state index contributed by atoms with van der Waals surface area (Å²) in [7, 11) is 1.88. The van der Waals surface area contributed by atoms with E-state index < -0.39 is 0 Å². The average Bonchev–Trinajstić information content (AvgIpc) is 2.46. The Morgan fingerprint density at radius 1 is 1.16 bits per heavy atom. The van der Waals surface area contributed by atoms with Crippen LogP contribution in [-0.2, 0) is 11.3 Å². The molecular weight excluding hydrogens is 238 g/mol. The molecule has 1 aromatic rings. The molecule has 1 aliphatic heterocycles. The Kier molecular flexibility index (Phi) is 5.36. The summed E-state index contributed by atoms with van der Waals surface area (Å²) in [6.45, 7) is 5.41. The zero-order valence-electron chi connectivity index (χ0n) is 11.6. The molecule has 104 valence electrons. The quantitative estimate of drug-likeness (QED) is 0.857. The summed E-state index contributed by atoms with van der Waals surface area (Å²) in [5.74, 6) is 0.272. The lowest BCUT2D eigenvalue weighted by molar-refractivity contribution is -0.132. The van der Waals surface area contributed by atoms with Crippen LogP contribution in [0.15, 0.2) is 30.3 Å². The van der Waals surface area contributed by atoms with E-state index in [-0.39, 0.29) is 5.91 Å². The molecule has 0 saturated carbocycles. The zero-order chi connectivity index (χ0) is 13.5. The minimum Gasteiger partial charge on any atom is -0.340 e. The third kappa shape index (κ3) is 4.33. The van der Waals surface area contributed by atoms with E-state index in [2.05, 4.69) is 34.5 Å². The number of amides is 1. The standard InChI is InChI=1S/C15H23N3O/c1-16-8-7-15(19)18-11-9-17(10-12-18)13-14-5-3-2-4-6-14/h2-6,16H,7-13H2,1H3. The van der Waals surface area contributed by atoms with Crippen molar-refractivity contribution in [1.29, 1.82) is 0 Å². The molecule has 1 aromatic carbocycles. The molecule has 1 amide bonds. The van der Waals surface area contributed by atoms with Crippen LogP contribution in [0.25, 0.3) is 0 Å². The monoisotopic (exact) mass is 261 g/mol. The molecular formula is C15H23N3O. The van der Waals surface area contributed by atoms with Gasteiger partial charge in [-0.3, -0.25) is 9.69 Å². The number of benzene rings is 1. The molecule has 1 heterocycles. The smallest absolute Gasteiger partial charge is 0.223 e. The summed E-state index contributed by atoms with van der Waals surface area (Å²) >= 11 is 0. The van der Waals surface area contributed by atoms with E-state index in [1.807, 2.05) is 18.0 Å². The second-order valence-electron chi connectivity index (χ2n) is 5.00. The van der Waals surface area contributed by atoms with Crippen molar-refractivity contribution in [1.82, 2.24) is 15.1 Å². The third-order valence-electron chi connectivity index (χ3n) is 3.56. The molecule has 0 aromatic heterocycles. The van der Waals surface area contributed by atoms with Crippen LogP contribution >= 0.6 is 0 Å². The molecule has 4 nitrogen and oxygen atoms in total. The van der Waals surface area contributed by atoms with Crippen LogP contribution in [0.3, 0.4) is 0 Å². The normalized spacial score (nSPS) is 16.6. The topological polar surface area (TPSA) is 35.6 Å². The van der Waals surface area contributed by atoms with E-state index in [9.17, 15) is 4.79 Å². The van der Waals surface area contributed by atoms with Gasteiger partial charge in [-0.25, -0.2) is 0 Å². The van der Waals surface area contributed by atoms with Crippen molar-refractivity contribution in [3.63, 3.8) is 0 Å². The van der Waals surface area contributed by atoms with Crippen molar-refractivity contribution >= 4 is 5.91 Å². The van der Waals surface area contributed by atoms with Crippen LogP contribution in [0.1, 0.15) is 12.0 Å². The SMILES string of the molecule is CNCCC(=O)N1CCN(Cc2ccccc2)CC1. The molecule has 0 aliphatic carbocycles. The van der Waals surface area contributed by atoms with E-state index in [0.717, 1.165) is 39.3 Å². The van der Waals surface area contributed by atoms with Gasteiger partial charge in [0.2, 0.25) is 5.91 Å². The van der Waals surface area contributed by atoms with Crippen molar-refractivity contribution in [2.45, 2.75) is 13.0 Å². The molecule has 19 heavy (non-hydrogen) atoms. The molecule has 1 aliphatic rings. The highest BCUT2D eigenvalue weighted by Gasteiger charge is 2.20. The van der Waals surface area contributed by atoms with Crippen molar-refractivity contribution < 1.29 is 4.79 Å². The fraction of sp³-hybridized carbons (Fsp3) is 0.533. The van der Waals surface area contributed by atoms with Crippen molar-refractivity contribution in [3.8, 4) is 0 Å². The van der Waals surface area contributed by atoms with E-state index in [4.69, 9.17) is 0 Å². The van der Waals surface area contributed by atoms with Gasteiger partial charge < -0.3 is 10.2 Å². The Bertz CT molecular complexity index is 386. The minimum atomic E-state index is 0.272. The van der Waals surface area contributed by atoms with E-state index in [1.165, 1.54) is 5.56 Å². The summed E-state index contributed by atoms with van der Waals surface area (Å²) in [4.78, 5) is 16.3. The van der Waals surface area contributed by atoms with Gasteiger partial charge in [-0.1, -0.05) is 30.3 Å². The predicted molar refractivity (Wildman–Crippen MR) is 76.8 cm³/mol. The van der Waals surface area contributed by atoms with Gasteiger partial charge in [-0.05, 0) is 12.6 Å². The molecule has 0 spiro atoms. The first kappa shape index (κ1) is 14.0. The molecule has 0 bridgehead atoms. The summed E-state index contributed by atoms with van der Waals surface area (Å²) < 4.78 is 0. The van der Waals surface area contributed by atoms with Crippen LogP contribution in [0.5, 0.6) is 0 Å². The van der Waals surface area contributed by atoms with Crippen LogP contribution in [-0.4, -0.2) is 55.5 Å². The molecule has 0 radical (unpaired) electrons. The molecule has 1 saturated heterocycles. The highest BCUT2D eigenvalue weighted by molar-refractivity contribution is 5.76. The molecule has 4 heteroatoms. The van der Waals surface area contributed by atoms with E-state index in [1.54, 1.807) is 0 Å². The lowest BCUT2D eigenvalue weighted by Crippen LogP contribution is -2.48. The van der Waals surface area contributed by atoms with Gasteiger partial charge in [0.25, 0.3) is 0 Å². The summed E-state index contributed by atoms with van der Waals surface area (Å²) in [6, 6.07) is 10.5. The number of nitrogens with one attached hydrogen (secondary N) is 1. The summed E-state index contributed by atoms with van der Waals surface area (Å²) in [6.07, 6.45) is 0.606. The minimum absolute atomic E-state index is 0.272. The van der Waals surface area contributed by atoms with Crippen molar-refractivity contribution in [2.75, 3.05) is 39.8 Å². The van der Waals surface area contributed by atoms with Crippen molar-refractivity contribution in [3.05, 3.63) is 35.9 Å². The Balaban J connectivity index is 1.75. The maximum atomic E-state index is 11.9. The molecule has 1 fully saturated rings. The first-order chi connectivity index (χ1) is 9.29. The zero-order valence-corrected chi connectivity index (χ0v) is 11.6. The highest BCUT2D eigenvalue weighted by atomic mass is 16.2. The number of carbonyl (C=O) groups is 1. The maximum Gasteiger partial charge on any atom is 0.223 e. The van der Waals surface area contributed by atoms with Crippen LogP contribution in [0, 0.1) is 0 Å². The number of nitrogens with zero attached hydrogens (tertiary/aromatic N) is 2. The number of rotatable bonds is 5. The van der Waals surface area contributed by atoms with E-state index >= 15 is 0 Å². The van der Waals surface area contributed by atoms with Gasteiger partial charge in [0.1, 0.15) is 0 Å². The molecule has 1 N–H and O–H groups in total. The van der Waals surface area contributed by atoms with Gasteiger partial charge in [0.05, 0.1) is 0 Å². The number of carbonyl (C=O) groups excluding carboxylic acids is 1. The Morgan fingerprint density at radius 2 is 1.84 bits per heavy atom. The fourth-order valence-electron chi connectivity index (χ4n) is 2.39. The number of hydrogen-bond donors (Lipinski definition) is 1. The summed E-state index contributed by atoms with van der Waals surface area (Å²) in [5, 5.41) is 3.02. The van der Waals surface area contributed by atoms with Crippen LogP contribution < -0.4 is 5.32 Å².